The molecule has 1 fully saturated rings. The highest BCUT2D eigenvalue weighted by Crippen LogP contribution is 2.22. The van der Waals surface area contributed by atoms with E-state index in [-0.39, 0.29) is 18.2 Å². The van der Waals surface area contributed by atoms with Crippen molar-refractivity contribution in [2.75, 3.05) is 6.54 Å². The van der Waals surface area contributed by atoms with E-state index in [1.807, 2.05) is 13.8 Å². The highest BCUT2D eigenvalue weighted by atomic mass is 35.5. The maximum absolute atomic E-state index is 12.1. The first-order valence-corrected chi connectivity index (χ1v) is 10.8. The van der Waals surface area contributed by atoms with Gasteiger partial charge in [0.05, 0.1) is 12.2 Å². The van der Waals surface area contributed by atoms with Crippen molar-refractivity contribution in [2.24, 2.45) is 0 Å². The Morgan fingerprint density at radius 2 is 1.90 bits per heavy atom. The Balaban J connectivity index is 1.49. The fourth-order valence-corrected chi connectivity index (χ4v) is 3.91. The molecular weight excluding hydrogens is 400 g/mol. The van der Waals surface area contributed by atoms with E-state index in [0.29, 0.717) is 24.3 Å². The third-order valence-electron chi connectivity index (χ3n) is 5.34. The Kier molecular flexibility index (Phi) is 7.69. The largest absolute Gasteiger partial charge is 0.353 e. The first-order chi connectivity index (χ1) is 14.4. The number of rotatable bonds is 8. The number of hydrogen-bond acceptors (Lipinski definition) is 3. The number of amides is 2. The van der Waals surface area contributed by atoms with Crippen molar-refractivity contribution < 1.29 is 9.59 Å². The van der Waals surface area contributed by atoms with Crippen molar-refractivity contribution in [1.29, 1.82) is 0 Å². The number of aromatic nitrogens is 2. The fraction of sp³-hybridized carbons (Fsp3) is 0.435. The first kappa shape index (κ1) is 22.1. The molecule has 1 heterocycles. The van der Waals surface area contributed by atoms with E-state index in [1.165, 1.54) is 24.5 Å². The van der Waals surface area contributed by atoms with Crippen molar-refractivity contribution >= 4 is 29.5 Å². The van der Waals surface area contributed by atoms with Gasteiger partial charge < -0.3 is 10.6 Å². The molecule has 2 amide bonds. The Morgan fingerprint density at radius 1 is 1.20 bits per heavy atom. The van der Waals surface area contributed by atoms with Gasteiger partial charge in [0.25, 0.3) is 0 Å². The quantitative estimate of drug-likeness (QED) is 0.628. The maximum Gasteiger partial charge on any atom is 0.244 e. The van der Waals surface area contributed by atoms with E-state index in [1.54, 1.807) is 10.8 Å². The van der Waals surface area contributed by atoms with Crippen LogP contribution in [0, 0.1) is 13.8 Å². The number of nitrogens with zero attached hydrogens (tertiary/aromatic N) is 2. The molecule has 1 aromatic heterocycles. The Hall–Kier alpha value is -2.60. The average molecular weight is 429 g/mol. The molecule has 1 aliphatic rings. The van der Waals surface area contributed by atoms with Crippen LogP contribution in [-0.4, -0.2) is 34.2 Å². The Labute approximate surface area is 182 Å². The molecule has 0 radical (unpaired) electrons. The van der Waals surface area contributed by atoms with E-state index >= 15 is 0 Å². The van der Waals surface area contributed by atoms with Gasteiger partial charge in [-0.3, -0.25) is 9.59 Å². The summed E-state index contributed by atoms with van der Waals surface area (Å²) in [7, 11) is 0. The van der Waals surface area contributed by atoms with Gasteiger partial charge in [-0.15, -0.1) is 0 Å². The van der Waals surface area contributed by atoms with Crippen LogP contribution in [0.25, 0.3) is 6.08 Å². The summed E-state index contributed by atoms with van der Waals surface area (Å²) in [6, 6.07) is 8.51. The van der Waals surface area contributed by atoms with Crippen molar-refractivity contribution in [3.63, 3.8) is 0 Å². The van der Waals surface area contributed by atoms with Crippen LogP contribution in [0.2, 0.25) is 5.15 Å². The summed E-state index contributed by atoms with van der Waals surface area (Å²) in [4.78, 5) is 24.0. The zero-order valence-electron chi connectivity index (χ0n) is 17.6. The molecular formula is C23H29ClN4O2. The van der Waals surface area contributed by atoms with Gasteiger partial charge in [-0.2, -0.15) is 5.10 Å². The molecule has 0 spiro atoms. The highest BCUT2D eigenvalue weighted by molar-refractivity contribution is 6.31. The summed E-state index contributed by atoms with van der Waals surface area (Å²) >= 11 is 6.49. The van der Waals surface area contributed by atoms with Crippen LogP contribution in [-0.2, 0) is 16.1 Å². The second-order valence-corrected chi connectivity index (χ2v) is 8.21. The SMILES string of the molecule is Cc1ccc(Cn2nc(C)c(C=CC(=O)NCCC(=O)NC3CCCC3)c2Cl)cc1. The molecule has 30 heavy (non-hydrogen) atoms. The molecule has 0 saturated heterocycles. The van der Waals surface area contributed by atoms with E-state index in [0.717, 1.165) is 29.7 Å². The van der Waals surface area contributed by atoms with Crippen molar-refractivity contribution in [2.45, 2.75) is 58.5 Å². The van der Waals surface area contributed by atoms with Crippen LogP contribution in [0.1, 0.15) is 54.5 Å². The third-order valence-corrected chi connectivity index (χ3v) is 5.73. The van der Waals surface area contributed by atoms with Gasteiger partial charge in [-0.25, -0.2) is 4.68 Å². The highest BCUT2D eigenvalue weighted by Gasteiger charge is 2.17. The lowest BCUT2D eigenvalue weighted by atomic mass is 10.1. The Bertz CT molecular complexity index is 912. The predicted octanol–water partition coefficient (Wildman–Crippen LogP) is 3.78. The molecule has 1 saturated carbocycles. The molecule has 1 aromatic carbocycles. The summed E-state index contributed by atoms with van der Waals surface area (Å²) in [5.74, 6) is -0.270. The fourth-order valence-electron chi connectivity index (χ4n) is 3.61. The van der Waals surface area contributed by atoms with Gasteiger partial charge in [-0.1, -0.05) is 54.3 Å². The summed E-state index contributed by atoms with van der Waals surface area (Å²) in [6.45, 7) is 4.78. The van der Waals surface area contributed by atoms with Crippen LogP contribution >= 0.6 is 11.6 Å². The summed E-state index contributed by atoms with van der Waals surface area (Å²) in [5.41, 5.74) is 3.78. The molecule has 2 N–H and O–H groups in total. The van der Waals surface area contributed by atoms with E-state index < -0.39 is 0 Å². The van der Waals surface area contributed by atoms with Crippen molar-refractivity contribution in [3.8, 4) is 0 Å². The average Bonchev–Trinajstić information content (AvgIpc) is 3.30. The zero-order valence-corrected chi connectivity index (χ0v) is 18.3. The zero-order chi connectivity index (χ0) is 21.5. The van der Waals surface area contributed by atoms with Crippen LogP contribution in [0.5, 0.6) is 0 Å². The predicted molar refractivity (Wildman–Crippen MR) is 119 cm³/mol. The molecule has 2 aromatic rings. The minimum Gasteiger partial charge on any atom is -0.353 e. The normalized spacial score (nSPS) is 14.4. The van der Waals surface area contributed by atoms with Gasteiger partial charge >= 0.3 is 0 Å². The molecule has 0 aliphatic heterocycles. The number of nitrogens with one attached hydrogen (secondary N) is 2. The topological polar surface area (TPSA) is 76.0 Å². The summed E-state index contributed by atoms with van der Waals surface area (Å²) in [5, 5.41) is 10.7. The number of aryl methyl sites for hydroxylation is 2. The standard InChI is InChI=1S/C23H29ClN4O2/c1-16-7-9-18(10-8-16)15-28-23(24)20(17(2)27-28)11-12-21(29)25-14-13-22(30)26-19-5-3-4-6-19/h7-12,19H,3-6,13-15H2,1-2H3,(H,25,29)(H,26,30). The van der Waals surface area contributed by atoms with Gasteiger partial charge in [0.2, 0.25) is 11.8 Å². The van der Waals surface area contributed by atoms with Crippen molar-refractivity contribution in [3.05, 3.63) is 57.9 Å². The van der Waals surface area contributed by atoms with E-state index in [9.17, 15) is 9.59 Å². The monoisotopic (exact) mass is 428 g/mol. The minimum absolute atomic E-state index is 0.0116. The number of halogens is 1. The molecule has 160 valence electrons. The van der Waals surface area contributed by atoms with Gasteiger partial charge in [-0.05, 0) is 38.3 Å². The van der Waals surface area contributed by atoms with Gasteiger partial charge in [0.1, 0.15) is 5.15 Å². The van der Waals surface area contributed by atoms with Gasteiger partial charge in [0.15, 0.2) is 0 Å². The molecule has 0 atom stereocenters. The molecule has 6 nitrogen and oxygen atoms in total. The van der Waals surface area contributed by atoms with Crippen LogP contribution in [0.15, 0.2) is 30.3 Å². The third kappa shape index (κ3) is 6.20. The van der Waals surface area contributed by atoms with Crippen LogP contribution < -0.4 is 10.6 Å². The lowest BCUT2D eigenvalue weighted by Crippen LogP contribution is -2.35. The molecule has 1 aliphatic carbocycles. The second-order valence-electron chi connectivity index (χ2n) is 7.86. The first-order valence-electron chi connectivity index (χ1n) is 10.5. The molecule has 0 bridgehead atoms. The van der Waals surface area contributed by atoms with Crippen molar-refractivity contribution in [1.82, 2.24) is 20.4 Å². The smallest absolute Gasteiger partial charge is 0.244 e. The second kappa shape index (κ2) is 10.4. The molecule has 7 heteroatoms. The molecule has 0 unspecified atom stereocenters. The lowest BCUT2D eigenvalue weighted by molar-refractivity contribution is -0.121. The lowest BCUT2D eigenvalue weighted by Gasteiger charge is -2.11. The Morgan fingerprint density at radius 3 is 2.60 bits per heavy atom. The number of hydrogen-bond donors (Lipinski definition) is 2. The maximum atomic E-state index is 12.1. The van der Waals surface area contributed by atoms with E-state index in [2.05, 4.69) is 40.0 Å². The summed E-state index contributed by atoms with van der Waals surface area (Å²) in [6.07, 6.45) is 7.85. The number of carbonyl (C=O) groups excluding carboxylic acids is 2. The number of benzene rings is 1. The minimum atomic E-state index is -0.259. The summed E-state index contributed by atoms with van der Waals surface area (Å²) < 4.78 is 1.73. The van der Waals surface area contributed by atoms with Gasteiger partial charge in [0, 0.05) is 30.6 Å². The van der Waals surface area contributed by atoms with E-state index in [4.69, 9.17) is 11.6 Å². The van der Waals surface area contributed by atoms with Crippen LogP contribution in [0.4, 0.5) is 0 Å². The molecule has 3 rings (SSSR count). The van der Waals surface area contributed by atoms with Crippen LogP contribution in [0.3, 0.4) is 0 Å². The number of carbonyl (C=O) groups is 2.